The number of hydrogen-bond donors (Lipinski definition) is 2. The first kappa shape index (κ1) is 8.97. The summed E-state index contributed by atoms with van der Waals surface area (Å²) in [4.78, 5) is 0. The van der Waals surface area contributed by atoms with Crippen LogP contribution in [0.15, 0.2) is 30.8 Å². The fourth-order valence-corrected chi connectivity index (χ4v) is 1.10. The molecule has 0 aliphatic rings. The van der Waals surface area contributed by atoms with Gasteiger partial charge in [0.2, 0.25) is 0 Å². The van der Waals surface area contributed by atoms with Crippen LogP contribution < -0.4 is 0 Å². The molecule has 64 valence electrons. The van der Waals surface area contributed by atoms with Gasteiger partial charge in [0.15, 0.2) is 0 Å². The fraction of sp³-hybridized carbons (Fsp3) is 0.200. The van der Waals surface area contributed by atoms with Crippen LogP contribution in [0.25, 0.3) is 6.08 Å². The number of hydrogen-bond acceptors (Lipinski definition) is 2. The highest BCUT2D eigenvalue weighted by Gasteiger charge is 2.07. The molecule has 0 aliphatic carbocycles. The number of aliphatic hydroxyl groups is 2. The van der Waals surface area contributed by atoms with Crippen molar-refractivity contribution < 1.29 is 10.2 Å². The van der Waals surface area contributed by atoms with Crippen LogP contribution in [-0.4, -0.2) is 16.8 Å². The second kappa shape index (κ2) is 4.04. The largest absolute Gasteiger partial charge is 0.393 e. The van der Waals surface area contributed by atoms with Crippen LogP contribution in [-0.2, 0) is 0 Å². The Hall–Kier alpha value is -1.12. The predicted molar refractivity (Wildman–Crippen MR) is 48.6 cm³/mol. The summed E-state index contributed by atoms with van der Waals surface area (Å²) in [6.07, 6.45) is 0.855. The molecule has 0 spiro atoms. The minimum atomic E-state index is -0.806. The second-order valence-corrected chi connectivity index (χ2v) is 2.53. The van der Waals surface area contributed by atoms with E-state index in [-0.39, 0.29) is 6.61 Å². The van der Waals surface area contributed by atoms with Gasteiger partial charge < -0.3 is 10.2 Å². The van der Waals surface area contributed by atoms with Crippen LogP contribution in [0.3, 0.4) is 0 Å². The summed E-state index contributed by atoms with van der Waals surface area (Å²) in [6.45, 7) is 3.36. The third kappa shape index (κ3) is 1.72. The fourth-order valence-electron chi connectivity index (χ4n) is 1.10. The zero-order valence-electron chi connectivity index (χ0n) is 6.77. The highest BCUT2D eigenvalue weighted by molar-refractivity contribution is 5.52. The van der Waals surface area contributed by atoms with E-state index < -0.39 is 6.10 Å². The maximum atomic E-state index is 9.34. The molecule has 0 amide bonds. The first-order chi connectivity index (χ1) is 5.79. The van der Waals surface area contributed by atoms with Gasteiger partial charge in [-0.3, -0.25) is 0 Å². The van der Waals surface area contributed by atoms with Gasteiger partial charge in [0.25, 0.3) is 0 Å². The average Bonchev–Trinajstić information content (AvgIpc) is 2.16. The summed E-state index contributed by atoms with van der Waals surface area (Å²) >= 11 is 0. The summed E-state index contributed by atoms with van der Waals surface area (Å²) in [7, 11) is 0. The zero-order chi connectivity index (χ0) is 8.97. The maximum Gasteiger partial charge on any atom is 0.103 e. The van der Waals surface area contributed by atoms with E-state index in [1.165, 1.54) is 0 Å². The molecule has 0 radical (unpaired) electrons. The molecular weight excluding hydrogens is 152 g/mol. The molecule has 1 atom stereocenters. The second-order valence-electron chi connectivity index (χ2n) is 2.53. The molecule has 2 N–H and O–H groups in total. The molecule has 0 bridgehead atoms. The van der Waals surface area contributed by atoms with E-state index in [0.717, 1.165) is 11.1 Å². The van der Waals surface area contributed by atoms with Crippen LogP contribution in [0, 0.1) is 0 Å². The average molecular weight is 164 g/mol. The monoisotopic (exact) mass is 164 g/mol. The van der Waals surface area contributed by atoms with Gasteiger partial charge in [-0.2, -0.15) is 0 Å². The number of aliphatic hydroxyl groups excluding tert-OH is 2. The molecule has 0 aliphatic heterocycles. The summed E-state index contributed by atoms with van der Waals surface area (Å²) < 4.78 is 0. The Morgan fingerprint density at radius 1 is 1.42 bits per heavy atom. The van der Waals surface area contributed by atoms with Crippen LogP contribution >= 0.6 is 0 Å². The third-order valence-corrected chi connectivity index (χ3v) is 1.75. The topological polar surface area (TPSA) is 40.5 Å². The predicted octanol–water partition coefficient (Wildman–Crippen LogP) is 1.36. The van der Waals surface area contributed by atoms with Crippen molar-refractivity contribution in [1.29, 1.82) is 0 Å². The Kier molecular flexibility index (Phi) is 3.02. The number of rotatable bonds is 3. The van der Waals surface area contributed by atoms with Gasteiger partial charge in [-0.05, 0) is 11.1 Å². The molecule has 1 rings (SSSR count). The van der Waals surface area contributed by atoms with Crippen LogP contribution in [0.1, 0.15) is 17.2 Å². The molecule has 0 heterocycles. The standard InChI is InChI=1S/C10H12O2/c1-2-8-5-3-4-6-9(8)10(12)7-11/h2-6,10-12H,1,7H2. The van der Waals surface area contributed by atoms with Gasteiger partial charge in [0.05, 0.1) is 6.61 Å². The van der Waals surface area contributed by atoms with Crippen LogP contribution in [0.5, 0.6) is 0 Å². The first-order valence-corrected chi connectivity index (χ1v) is 3.80. The lowest BCUT2D eigenvalue weighted by molar-refractivity contribution is 0.0955. The molecule has 2 heteroatoms. The molecule has 0 aromatic heterocycles. The lowest BCUT2D eigenvalue weighted by atomic mass is 10.0. The summed E-state index contributed by atoms with van der Waals surface area (Å²) in [5, 5.41) is 18.1. The molecule has 2 nitrogen and oxygen atoms in total. The van der Waals surface area contributed by atoms with Gasteiger partial charge in [-0.25, -0.2) is 0 Å². The van der Waals surface area contributed by atoms with E-state index in [1.807, 2.05) is 18.2 Å². The van der Waals surface area contributed by atoms with Crippen molar-refractivity contribution >= 4 is 6.08 Å². The van der Waals surface area contributed by atoms with Crippen molar-refractivity contribution in [3.05, 3.63) is 42.0 Å². The zero-order valence-corrected chi connectivity index (χ0v) is 6.77. The van der Waals surface area contributed by atoms with Gasteiger partial charge in [-0.15, -0.1) is 0 Å². The lowest BCUT2D eigenvalue weighted by Crippen LogP contribution is -2.03. The lowest BCUT2D eigenvalue weighted by Gasteiger charge is -2.09. The van der Waals surface area contributed by atoms with Gasteiger partial charge in [0, 0.05) is 0 Å². The molecule has 1 aromatic rings. The summed E-state index contributed by atoms with van der Waals surface area (Å²) in [6, 6.07) is 7.31. The SMILES string of the molecule is C=Cc1ccccc1C(O)CO. The Labute approximate surface area is 71.8 Å². The van der Waals surface area contributed by atoms with Crippen LogP contribution in [0.4, 0.5) is 0 Å². The Morgan fingerprint density at radius 3 is 2.67 bits per heavy atom. The molecule has 12 heavy (non-hydrogen) atoms. The Balaban J connectivity index is 3.04. The van der Waals surface area contributed by atoms with Crippen molar-refractivity contribution in [2.24, 2.45) is 0 Å². The van der Waals surface area contributed by atoms with Gasteiger partial charge in [0.1, 0.15) is 6.10 Å². The summed E-state index contributed by atoms with van der Waals surface area (Å²) in [5.74, 6) is 0. The van der Waals surface area contributed by atoms with Crippen molar-refractivity contribution in [3.8, 4) is 0 Å². The molecular formula is C10H12O2. The van der Waals surface area contributed by atoms with E-state index in [2.05, 4.69) is 6.58 Å². The van der Waals surface area contributed by atoms with E-state index in [4.69, 9.17) is 5.11 Å². The minimum absolute atomic E-state index is 0.259. The molecule has 1 aromatic carbocycles. The minimum Gasteiger partial charge on any atom is -0.393 e. The third-order valence-electron chi connectivity index (χ3n) is 1.75. The van der Waals surface area contributed by atoms with E-state index in [1.54, 1.807) is 12.1 Å². The van der Waals surface area contributed by atoms with Crippen LogP contribution in [0.2, 0.25) is 0 Å². The number of benzene rings is 1. The smallest absolute Gasteiger partial charge is 0.103 e. The van der Waals surface area contributed by atoms with E-state index in [9.17, 15) is 5.11 Å². The Bertz CT molecular complexity index is 268. The van der Waals surface area contributed by atoms with Crippen molar-refractivity contribution in [1.82, 2.24) is 0 Å². The first-order valence-electron chi connectivity index (χ1n) is 3.80. The Morgan fingerprint density at radius 2 is 2.08 bits per heavy atom. The van der Waals surface area contributed by atoms with E-state index in [0.29, 0.717) is 0 Å². The van der Waals surface area contributed by atoms with Crippen molar-refractivity contribution in [2.45, 2.75) is 6.10 Å². The maximum absolute atomic E-state index is 9.34. The van der Waals surface area contributed by atoms with Gasteiger partial charge in [-0.1, -0.05) is 36.9 Å². The normalized spacial score (nSPS) is 12.5. The van der Waals surface area contributed by atoms with Gasteiger partial charge >= 0.3 is 0 Å². The highest BCUT2D eigenvalue weighted by Crippen LogP contribution is 2.17. The molecule has 0 saturated carbocycles. The molecule has 1 unspecified atom stereocenters. The molecule has 0 saturated heterocycles. The highest BCUT2D eigenvalue weighted by atomic mass is 16.3. The van der Waals surface area contributed by atoms with Crippen molar-refractivity contribution in [2.75, 3.05) is 6.61 Å². The van der Waals surface area contributed by atoms with Crippen molar-refractivity contribution in [3.63, 3.8) is 0 Å². The van der Waals surface area contributed by atoms with E-state index >= 15 is 0 Å². The quantitative estimate of drug-likeness (QED) is 0.708. The molecule has 0 fully saturated rings. The summed E-state index contributed by atoms with van der Waals surface area (Å²) in [5.41, 5.74) is 1.58.